The number of H-pyrrole nitrogens is 1. The summed E-state index contributed by atoms with van der Waals surface area (Å²) in [6, 6.07) is 9.89. The van der Waals surface area contributed by atoms with Crippen molar-refractivity contribution in [2.45, 2.75) is 0 Å². The molecule has 25 heavy (non-hydrogen) atoms. The minimum Gasteiger partial charge on any atom is -0.493 e. The summed E-state index contributed by atoms with van der Waals surface area (Å²) < 4.78 is 13.7. The van der Waals surface area contributed by atoms with E-state index in [1.54, 1.807) is 6.07 Å². The van der Waals surface area contributed by atoms with E-state index in [1.165, 1.54) is 36.4 Å². The average molecular weight is 359 g/mol. The molecule has 8 nitrogen and oxygen atoms in total. The van der Waals surface area contributed by atoms with Crippen molar-refractivity contribution < 1.29 is 14.4 Å². The summed E-state index contributed by atoms with van der Waals surface area (Å²) in [5.41, 5.74) is 0.609. The molecule has 0 bridgehead atoms. The molecule has 0 fully saturated rings. The number of aromatic nitrogens is 1. The lowest BCUT2D eigenvalue weighted by Gasteiger charge is -2.02. The summed E-state index contributed by atoms with van der Waals surface area (Å²) in [6.07, 6.45) is 0. The highest BCUT2D eigenvalue weighted by atomic mass is 32.1. The van der Waals surface area contributed by atoms with Gasteiger partial charge in [-0.25, -0.2) is 4.39 Å². The Balaban J connectivity index is 1.78. The molecule has 3 rings (SSSR count). The van der Waals surface area contributed by atoms with Crippen LogP contribution in [0.15, 0.2) is 52.7 Å². The van der Waals surface area contributed by atoms with E-state index >= 15 is 0 Å². The first-order valence-electron chi connectivity index (χ1n) is 6.92. The number of nitrogens with one attached hydrogen (secondary N) is 2. The van der Waals surface area contributed by atoms with E-state index in [2.05, 4.69) is 20.5 Å². The number of hydrogen-bond donors (Lipinski definition) is 3. The zero-order valence-corrected chi connectivity index (χ0v) is 13.2. The molecule has 0 unspecified atom stereocenters. The minimum atomic E-state index is -0.527. The molecule has 0 aliphatic heterocycles. The van der Waals surface area contributed by atoms with Crippen molar-refractivity contribution in [1.29, 1.82) is 0 Å². The Bertz CT molecular complexity index is 1000. The maximum Gasteiger partial charge on any atom is 0.269 e. The van der Waals surface area contributed by atoms with Crippen LogP contribution in [0.3, 0.4) is 0 Å². The van der Waals surface area contributed by atoms with Gasteiger partial charge in [-0.2, -0.15) is 0 Å². The number of fused-ring (bicyclic) bond motifs is 1. The van der Waals surface area contributed by atoms with E-state index in [9.17, 15) is 19.6 Å². The van der Waals surface area contributed by atoms with Crippen LogP contribution in [0.25, 0.3) is 10.9 Å². The summed E-state index contributed by atoms with van der Waals surface area (Å²) in [7, 11) is 0. The molecular formula is C15H10FN5O3S. The largest absolute Gasteiger partial charge is 0.493 e. The van der Waals surface area contributed by atoms with Crippen molar-refractivity contribution in [2.24, 2.45) is 10.2 Å². The number of para-hydroxylation sites is 1. The van der Waals surface area contributed by atoms with E-state index in [1.807, 2.05) is 0 Å². The Labute approximate surface area is 145 Å². The van der Waals surface area contributed by atoms with Crippen LogP contribution in [-0.4, -0.2) is 20.1 Å². The van der Waals surface area contributed by atoms with Gasteiger partial charge >= 0.3 is 0 Å². The molecule has 0 amide bonds. The third-order valence-corrected chi connectivity index (χ3v) is 3.49. The number of nitrogens with zero attached hydrogens (tertiary/aromatic N) is 3. The fourth-order valence-electron chi connectivity index (χ4n) is 2.17. The second-order valence-corrected chi connectivity index (χ2v) is 5.31. The van der Waals surface area contributed by atoms with Gasteiger partial charge in [0.05, 0.1) is 10.4 Å². The van der Waals surface area contributed by atoms with E-state index in [4.69, 9.17) is 12.2 Å². The van der Waals surface area contributed by atoms with Crippen LogP contribution in [0.5, 0.6) is 5.88 Å². The Hall–Kier alpha value is -3.40. The van der Waals surface area contributed by atoms with Crippen LogP contribution in [0.1, 0.15) is 0 Å². The fourth-order valence-corrected chi connectivity index (χ4v) is 2.32. The monoisotopic (exact) mass is 359 g/mol. The van der Waals surface area contributed by atoms with Crippen LogP contribution in [0.2, 0.25) is 0 Å². The second kappa shape index (κ2) is 6.61. The maximum atomic E-state index is 13.7. The van der Waals surface area contributed by atoms with Gasteiger partial charge in [0.15, 0.2) is 5.69 Å². The number of anilines is 1. The molecule has 1 aromatic heterocycles. The number of thiocarbonyl (C=S) groups is 1. The number of hydrogen-bond acceptors (Lipinski definition) is 5. The van der Waals surface area contributed by atoms with Gasteiger partial charge in [0, 0.05) is 23.2 Å². The molecule has 3 N–H and O–H groups in total. The van der Waals surface area contributed by atoms with Gasteiger partial charge in [-0.05, 0) is 30.4 Å². The van der Waals surface area contributed by atoms with Crippen molar-refractivity contribution in [2.75, 3.05) is 5.32 Å². The Morgan fingerprint density at radius 2 is 2.00 bits per heavy atom. The molecule has 126 valence electrons. The molecule has 0 aliphatic carbocycles. The van der Waals surface area contributed by atoms with Gasteiger partial charge in [0.1, 0.15) is 5.82 Å². The smallest absolute Gasteiger partial charge is 0.269 e. The molecule has 0 atom stereocenters. The van der Waals surface area contributed by atoms with Crippen molar-refractivity contribution in [3.8, 4) is 5.88 Å². The third-order valence-electron chi connectivity index (χ3n) is 3.31. The topological polar surface area (TPSA) is 116 Å². The van der Waals surface area contributed by atoms with E-state index < -0.39 is 10.7 Å². The number of nitro benzene ring substituents is 1. The highest BCUT2D eigenvalue weighted by molar-refractivity contribution is 7.80. The fraction of sp³-hybridized carbons (Fsp3) is 0. The number of benzene rings is 2. The zero-order chi connectivity index (χ0) is 18.0. The number of rotatable bonds is 3. The average Bonchev–Trinajstić information content (AvgIpc) is 2.90. The molecule has 3 aromatic rings. The van der Waals surface area contributed by atoms with E-state index in [-0.39, 0.29) is 27.9 Å². The molecule has 10 heteroatoms. The van der Waals surface area contributed by atoms with Gasteiger partial charge in [-0.1, -0.05) is 12.1 Å². The molecular weight excluding hydrogens is 349 g/mol. The first kappa shape index (κ1) is 16.5. The molecule has 0 spiro atoms. The number of aromatic hydroxyl groups is 1. The van der Waals surface area contributed by atoms with Crippen LogP contribution < -0.4 is 5.32 Å². The van der Waals surface area contributed by atoms with Crippen molar-refractivity contribution in [1.82, 2.24) is 4.98 Å². The van der Waals surface area contributed by atoms with Gasteiger partial charge in [0.2, 0.25) is 11.0 Å². The van der Waals surface area contributed by atoms with Crippen LogP contribution in [0.4, 0.5) is 21.5 Å². The van der Waals surface area contributed by atoms with Crippen LogP contribution in [0, 0.1) is 15.9 Å². The Kier molecular flexibility index (Phi) is 4.35. The van der Waals surface area contributed by atoms with Crippen LogP contribution in [-0.2, 0) is 0 Å². The van der Waals surface area contributed by atoms with Crippen LogP contribution >= 0.6 is 12.2 Å². The standard InChI is InChI=1S/C15H10FN5O3S/c16-11-3-1-2-10-12(11)18-14(22)13(10)19-20-15(25)17-8-4-6-9(7-5-8)21(23)24/h1-7,18,22H,(H,17,25). The summed E-state index contributed by atoms with van der Waals surface area (Å²) in [6.45, 7) is 0. The Morgan fingerprint density at radius 3 is 2.68 bits per heavy atom. The van der Waals surface area contributed by atoms with Crippen molar-refractivity contribution in [3.05, 3.63) is 58.4 Å². The summed E-state index contributed by atoms with van der Waals surface area (Å²) in [5, 5.41) is 31.1. The summed E-state index contributed by atoms with van der Waals surface area (Å²) >= 11 is 5.01. The number of azo groups is 1. The molecule has 2 aromatic carbocycles. The highest BCUT2D eigenvalue weighted by Gasteiger charge is 2.13. The van der Waals surface area contributed by atoms with Gasteiger partial charge in [-0.3, -0.25) is 10.1 Å². The number of non-ortho nitro benzene ring substituents is 1. The number of aromatic amines is 1. The van der Waals surface area contributed by atoms with E-state index in [0.29, 0.717) is 11.1 Å². The van der Waals surface area contributed by atoms with E-state index in [0.717, 1.165) is 0 Å². The molecule has 0 aliphatic rings. The number of nitro groups is 1. The SMILES string of the molecule is O=[N+]([O-])c1ccc(NC(=S)N=Nc2c(O)[nH]c3c(F)cccc23)cc1. The molecule has 0 saturated carbocycles. The Morgan fingerprint density at radius 1 is 1.28 bits per heavy atom. The summed E-state index contributed by atoms with van der Waals surface area (Å²) in [5.74, 6) is -0.859. The highest BCUT2D eigenvalue weighted by Crippen LogP contribution is 2.36. The lowest BCUT2D eigenvalue weighted by atomic mass is 10.2. The van der Waals surface area contributed by atoms with Crippen molar-refractivity contribution >= 4 is 45.3 Å². The normalized spacial score (nSPS) is 11.1. The van der Waals surface area contributed by atoms with Gasteiger partial charge in [0.25, 0.3) is 5.69 Å². The molecule has 1 heterocycles. The zero-order valence-electron chi connectivity index (χ0n) is 12.4. The second-order valence-electron chi connectivity index (χ2n) is 4.92. The molecule has 0 radical (unpaired) electrons. The lowest BCUT2D eigenvalue weighted by molar-refractivity contribution is -0.384. The maximum absolute atomic E-state index is 13.7. The van der Waals surface area contributed by atoms with Gasteiger partial charge < -0.3 is 15.4 Å². The summed E-state index contributed by atoms with van der Waals surface area (Å²) in [4.78, 5) is 12.6. The molecule has 0 saturated heterocycles. The first-order valence-corrected chi connectivity index (χ1v) is 7.33. The lowest BCUT2D eigenvalue weighted by Crippen LogP contribution is -2.04. The van der Waals surface area contributed by atoms with Crippen molar-refractivity contribution in [3.63, 3.8) is 0 Å². The first-order chi connectivity index (χ1) is 12.0. The minimum absolute atomic E-state index is 0.0287. The predicted octanol–water partition coefficient (Wildman–Crippen LogP) is 4.40. The van der Waals surface area contributed by atoms with Gasteiger partial charge in [-0.15, -0.1) is 10.2 Å². The predicted molar refractivity (Wildman–Crippen MR) is 93.8 cm³/mol. The number of halogens is 1. The quantitative estimate of drug-likeness (QED) is 0.277. The third kappa shape index (κ3) is 3.43.